The number of aliphatic hydroxyl groups is 3. The summed E-state index contributed by atoms with van der Waals surface area (Å²) in [6.07, 6.45) is -0.720. The van der Waals surface area contributed by atoms with Crippen LogP contribution in [0.5, 0.6) is 11.5 Å². The van der Waals surface area contributed by atoms with Crippen LogP contribution in [0.2, 0.25) is 0 Å². The number of aryl methyl sites for hydroxylation is 1. The Bertz CT molecular complexity index is 878. The van der Waals surface area contributed by atoms with Crippen molar-refractivity contribution in [1.82, 2.24) is 0 Å². The van der Waals surface area contributed by atoms with E-state index in [1.165, 1.54) is 11.1 Å². The van der Waals surface area contributed by atoms with Gasteiger partial charge in [0.25, 0.3) is 0 Å². The van der Waals surface area contributed by atoms with E-state index in [0.717, 1.165) is 30.4 Å². The zero-order valence-electron chi connectivity index (χ0n) is 17.5. The van der Waals surface area contributed by atoms with E-state index in [-0.39, 0.29) is 13.0 Å². The molecule has 2 heterocycles. The first-order valence-electron chi connectivity index (χ1n) is 10.5. The molecule has 2 aromatic carbocycles. The smallest absolute Gasteiger partial charge is 0.166 e. The van der Waals surface area contributed by atoms with Crippen LogP contribution in [-0.4, -0.2) is 54.0 Å². The molecule has 30 heavy (non-hydrogen) atoms. The molecule has 2 aromatic rings. The number of hydrogen-bond donors (Lipinski definition) is 3. The maximum atomic E-state index is 10.7. The van der Waals surface area contributed by atoms with Gasteiger partial charge in [-0.15, -0.1) is 0 Å². The van der Waals surface area contributed by atoms with Gasteiger partial charge in [0.2, 0.25) is 0 Å². The van der Waals surface area contributed by atoms with Gasteiger partial charge >= 0.3 is 0 Å². The van der Waals surface area contributed by atoms with Crippen LogP contribution in [0.25, 0.3) is 0 Å². The van der Waals surface area contributed by atoms with E-state index in [2.05, 4.69) is 31.2 Å². The van der Waals surface area contributed by atoms with E-state index in [4.69, 9.17) is 14.2 Å². The van der Waals surface area contributed by atoms with Crippen LogP contribution in [0.4, 0.5) is 0 Å². The van der Waals surface area contributed by atoms with Crippen LogP contribution in [-0.2, 0) is 17.6 Å². The molecular formula is C24H30O6. The van der Waals surface area contributed by atoms with Crippen molar-refractivity contribution >= 4 is 0 Å². The normalized spacial score (nSPS) is 26.0. The van der Waals surface area contributed by atoms with Crippen LogP contribution in [0.15, 0.2) is 30.3 Å². The third kappa shape index (κ3) is 4.05. The lowest BCUT2D eigenvalue weighted by atomic mass is 9.87. The van der Waals surface area contributed by atoms with E-state index in [9.17, 15) is 15.3 Å². The molecule has 0 amide bonds. The Morgan fingerprint density at radius 2 is 1.93 bits per heavy atom. The molecule has 2 aliphatic rings. The van der Waals surface area contributed by atoms with Gasteiger partial charge in [-0.2, -0.15) is 0 Å². The van der Waals surface area contributed by atoms with Gasteiger partial charge in [-0.25, -0.2) is 0 Å². The molecule has 0 aliphatic carbocycles. The van der Waals surface area contributed by atoms with Crippen molar-refractivity contribution in [2.45, 2.75) is 57.0 Å². The lowest BCUT2D eigenvalue weighted by Gasteiger charge is -2.38. The van der Waals surface area contributed by atoms with E-state index < -0.39 is 24.4 Å². The van der Waals surface area contributed by atoms with Crippen molar-refractivity contribution in [3.8, 4) is 11.5 Å². The molecular weight excluding hydrogens is 384 g/mol. The first-order chi connectivity index (χ1) is 14.5. The molecule has 0 aromatic heterocycles. The standard InChI is InChI=1S/C24H30O6/c1-14-5-7-15(8-6-14)10-16-11-19(22-21(27)20(26)12-17(13-25)30-22)23(28-2)24-18(16)4-3-9-29-24/h5-8,11,17,20-22,25-27H,3-4,9-10,12-13H2,1-2H3/t17-,20-,21-,22-/m0/s1. The Morgan fingerprint density at radius 3 is 2.63 bits per heavy atom. The Kier molecular flexibility index (Phi) is 6.29. The average molecular weight is 414 g/mol. The van der Waals surface area contributed by atoms with Gasteiger partial charge in [0, 0.05) is 17.5 Å². The Hall–Kier alpha value is -2.12. The molecule has 0 unspecified atom stereocenters. The molecule has 162 valence electrons. The highest BCUT2D eigenvalue weighted by Crippen LogP contribution is 2.46. The molecule has 1 saturated heterocycles. The van der Waals surface area contributed by atoms with Crippen molar-refractivity contribution in [3.63, 3.8) is 0 Å². The summed E-state index contributed by atoms with van der Waals surface area (Å²) in [5.74, 6) is 1.23. The maximum absolute atomic E-state index is 10.7. The second-order valence-electron chi connectivity index (χ2n) is 8.24. The number of benzene rings is 2. The molecule has 0 saturated carbocycles. The second kappa shape index (κ2) is 8.94. The average Bonchev–Trinajstić information content (AvgIpc) is 2.77. The van der Waals surface area contributed by atoms with Gasteiger partial charge in [-0.3, -0.25) is 0 Å². The predicted octanol–water partition coefficient (Wildman–Crippen LogP) is 2.46. The quantitative estimate of drug-likeness (QED) is 0.697. The number of ether oxygens (including phenoxy) is 3. The zero-order chi connectivity index (χ0) is 21.3. The minimum absolute atomic E-state index is 0.189. The van der Waals surface area contributed by atoms with Gasteiger partial charge in [-0.05, 0) is 43.4 Å². The van der Waals surface area contributed by atoms with Gasteiger partial charge in [-0.1, -0.05) is 29.8 Å². The third-order valence-corrected chi connectivity index (χ3v) is 6.05. The maximum Gasteiger partial charge on any atom is 0.166 e. The summed E-state index contributed by atoms with van der Waals surface area (Å²) in [4.78, 5) is 0. The summed E-state index contributed by atoms with van der Waals surface area (Å²) in [6, 6.07) is 10.4. The molecule has 4 rings (SSSR count). The van der Waals surface area contributed by atoms with Crippen molar-refractivity contribution in [3.05, 3.63) is 58.1 Å². The number of hydrogen-bond acceptors (Lipinski definition) is 6. The van der Waals surface area contributed by atoms with Gasteiger partial charge in [0.05, 0.1) is 32.5 Å². The van der Waals surface area contributed by atoms with Crippen LogP contribution in [0.3, 0.4) is 0 Å². The third-order valence-electron chi connectivity index (χ3n) is 6.05. The summed E-state index contributed by atoms with van der Waals surface area (Å²) in [7, 11) is 1.58. The number of aliphatic hydroxyl groups excluding tert-OH is 3. The summed E-state index contributed by atoms with van der Waals surface area (Å²) >= 11 is 0. The van der Waals surface area contributed by atoms with Crippen LogP contribution >= 0.6 is 0 Å². The number of rotatable bonds is 5. The highest BCUT2D eigenvalue weighted by molar-refractivity contribution is 5.58. The minimum Gasteiger partial charge on any atom is -0.492 e. The van der Waals surface area contributed by atoms with Crippen LogP contribution in [0, 0.1) is 6.92 Å². The van der Waals surface area contributed by atoms with E-state index in [0.29, 0.717) is 23.7 Å². The van der Waals surface area contributed by atoms with Crippen LogP contribution < -0.4 is 9.47 Å². The lowest BCUT2D eigenvalue weighted by Crippen LogP contribution is -2.44. The lowest BCUT2D eigenvalue weighted by molar-refractivity contribution is -0.180. The summed E-state index contributed by atoms with van der Waals surface area (Å²) in [5.41, 5.74) is 5.25. The molecule has 3 N–H and O–H groups in total. The number of fused-ring (bicyclic) bond motifs is 1. The molecule has 2 aliphatic heterocycles. The van der Waals surface area contributed by atoms with Crippen molar-refractivity contribution < 1.29 is 29.5 Å². The first-order valence-corrected chi connectivity index (χ1v) is 10.5. The van der Waals surface area contributed by atoms with Crippen molar-refractivity contribution in [2.75, 3.05) is 20.3 Å². The summed E-state index contributed by atoms with van der Waals surface area (Å²) < 4.78 is 17.7. The topological polar surface area (TPSA) is 88.4 Å². The molecule has 6 nitrogen and oxygen atoms in total. The highest BCUT2D eigenvalue weighted by Gasteiger charge is 2.40. The van der Waals surface area contributed by atoms with Crippen LogP contribution in [0.1, 0.15) is 46.8 Å². The largest absolute Gasteiger partial charge is 0.492 e. The molecule has 6 heteroatoms. The van der Waals surface area contributed by atoms with Crippen molar-refractivity contribution in [2.24, 2.45) is 0 Å². The summed E-state index contributed by atoms with van der Waals surface area (Å²) in [5, 5.41) is 30.6. The summed E-state index contributed by atoms with van der Waals surface area (Å²) in [6.45, 7) is 2.45. The first kappa shape index (κ1) is 21.1. The molecule has 0 spiro atoms. The zero-order valence-corrected chi connectivity index (χ0v) is 17.5. The van der Waals surface area contributed by atoms with Gasteiger partial charge in [0.15, 0.2) is 11.5 Å². The monoisotopic (exact) mass is 414 g/mol. The number of methoxy groups -OCH3 is 1. The molecule has 4 atom stereocenters. The predicted molar refractivity (Wildman–Crippen MR) is 112 cm³/mol. The SMILES string of the molecule is COc1c([C@@H]2O[C@H](CO)C[C@H](O)[C@@H]2O)cc(Cc2ccc(C)cc2)c2c1OCCC2. The second-order valence-corrected chi connectivity index (χ2v) is 8.24. The minimum atomic E-state index is -1.12. The Morgan fingerprint density at radius 1 is 1.17 bits per heavy atom. The molecule has 0 bridgehead atoms. The fourth-order valence-corrected chi connectivity index (χ4v) is 4.44. The van der Waals surface area contributed by atoms with E-state index in [1.54, 1.807) is 7.11 Å². The Labute approximate surface area is 177 Å². The Balaban J connectivity index is 1.80. The van der Waals surface area contributed by atoms with E-state index >= 15 is 0 Å². The molecule has 1 fully saturated rings. The fraction of sp³-hybridized carbons (Fsp3) is 0.500. The fourth-order valence-electron chi connectivity index (χ4n) is 4.44. The van der Waals surface area contributed by atoms with Crippen molar-refractivity contribution in [1.29, 1.82) is 0 Å². The van der Waals surface area contributed by atoms with Gasteiger partial charge in [0.1, 0.15) is 12.2 Å². The molecule has 0 radical (unpaired) electrons. The van der Waals surface area contributed by atoms with Gasteiger partial charge < -0.3 is 29.5 Å². The van der Waals surface area contributed by atoms with E-state index in [1.807, 2.05) is 6.07 Å². The highest BCUT2D eigenvalue weighted by atomic mass is 16.5.